The van der Waals surface area contributed by atoms with Crippen molar-refractivity contribution in [2.75, 3.05) is 0 Å². The molecule has 0 atom stereocenters. The Balaban J connectivity index is 2.32. The van der Waals surface area contributed by atoms with E-state index in [-0.39, 0.29) is 0 Å². The van der Waals surface area contributed by atoms with Crippen molar-refractivity contribution in [3.63, 3.8) is 0 Å². The standard InChI is InChI=1S/C14H10N3/c15-10-14(11-16)17-8-6-13(7-9-17)12-4-2-1-3-5-12/h1-9,14H/q+1. The van der Waals surface area contributed by atoms with Crippen molar-refractivity contribution in [2.24, 2.45) is 0 Å². The number of rotatable bonds is 2. The van der Waals surface area contributed by atoms with Crippen molar-refractivity contribution in [1.82, 2.24) is 0 Å². The Labute approximate surface area is 99.8 Å². The van der Waals surface area contributed by atoms with E-state index in [4.69, 9.17) is 10.5 Å². The maximum Gasteiger partial charge on any atom is 0.329 e. The molecular weight excluding hydrogens is 210 g/mol. The molecule has 2 rings (SSSR count). The van der Waals surface area contributed by atoms with Crippen molar-refractivity contribution in [1.29, 1.82) is 10.5 Å². The van der Waals surface area contributed by atoms with Gasteiger partial charge in [-0.15, -0.1) is 0 Å². The lowest BCUT2D eigenvalue weighted by Crippen LogP contribution is -2.36. The number of aromatic nitrogens is 1. The number of nitrogens with zero attached hydrogens (tertiary/aromatic N) is 3. The molecule has 1 aromatic carbocycles. The zero-order chi connectivity index (χ0) is 12.1. The molecule has 0 saturated carbocycles. The van der Waals surface area contributed by atoms with Crippen molar-refractivity contribution in [3.05, 3.63) is 54.9 Å². The maximum absolute atomic E-state index is 8.77. The third-order valence-electron chi connectivity index (χ3n) is 2.50. The molecule has 0 aliphatic carbocycles. The molecule has 3 nitrogen and oxygen atoms in total. The second-order valence-corrected chi connectivity index (χ2v) is 3.56. The minimum Gasteiger partial charge on any atom is -0.190 e. The molecule has 0 N–H and O–H groups in total. The second kappa shape index (κ2) is 4.92. The van der Waals surface area contributed by atoms with Crippen LogP contribution in [0.2, 0.25) is 0 Å². The highest BCUT2D eigenvalue weighted by molar-refractivity contribution is 5.61. The molecule has 1 aromatic heterocycles. The number of pyridine rings is 1. The van der Waals surface area contributed by atoms with Gasteiger partial charge in [-0.1, -0.05) is 30.3 Å². The smallest absolute Gasteiger partial charge is 0.190 e. The molecular formula is C14H10N3+. The van der Waals surface area contributed by atoms with E-state index in [0.29, 0.717) is 0 Å². The average molecular weight is 220 g/mol. The highest BCUT2D eigenvalue weighted by Gasteiger charge is 2.15. The normalized spacial score (nSPS) is 9.59. The molecule has 0 saturated heterocycles. The van der Waals surface area contributed by atoms with Crippen LogP contribution >= 0.6 is 0 Å². The first kappa shape index (κ1) is 10.9. The monoisotopic (exact) mass is 220 g/mol. The maximum atomic E-state index is 8.77. The summed E-state index contributed by atoms with van der Waals surface area (Å²) in [4.78, 5) is 0. The number of nitriles is 2. The van der Waals surface area contributed by atoms with Gasteiger partial charge in [-0.25, -0.2) is 0 Å². The van der Waals surface area contributed by atoms with Crippen LogP contribution in [0.4, 0.5) is 0 Å². The van der Waals surface area contributed by atoms with Crippen molar-refractivity contribution in [2.45, 2.75) is 6.04 Å². The zero-order valence-corrected chi connectivity index (χ0v) is 9.12. The van der Waals surface area contributed by atoms with Crippen molar-refractivity contribution >= 4 is 0 Å². The van der Waals surface area contributed by atoms with Gasteiger partial charge in [0.25, 0.3) is 0 Å². The van der Waals surface area contributed by atoms with Gasteiger partial charge < -0.3 is 0 Å². The van der Waals surface area contributed by atoms with E-state index in [1.165, 1.54) is 0 Å². The minimum absolute atomic E-state index is 0.764. The van der Waals surface area contributed by atoms with Crippen LogP contribution in [0, 0.1) is 22.7 Å². The Hall–Kier alpha value is -2.65. The van der Waals surface area contributed by atoms with Gasteiger partial charge in [0.1, 0.15) is 0 Å². The summed E-state index contributed by atoms with van der Waals surface area (Å²) in [5.74, 6) is 0. The predicted molar refractivity (Wildman–Crippen MR) is 62.3 cm³/mol. The second-order valence-electron chi connectivity index (χ2n) is 3.56. The van der Waals surface area contributed by atoms with E-state index in [1.807, 2.05) is 54.6 Å². The molecule has 0 radical (unpaired) electrons. The van der Waals surface area contributed by atoms with Gasteiger partial charge in [-0.3, -0.25) is 0 Å². The molecule has 0 amide bonds. The molecule has 80 valence electrons. The first-order chi connectivity index (χ1) is 8.35. The number of hydrogen-bond acceptors (Lipinski definition) is 2. The van der Waals surface area contributed by atoms with Crippen LogP contribution in [-0.2, 0) is 0 Å². The molecule has 1 heterocycles. The largest absolute Gasteiger partial charge is 0.329 e. The summed E-state index contributed by atoms with van der Waals surface area (Å²) in [5, 5.41) is 17.5. The fourth-order valence-electron chi connectivity index (χ4n) is 1.60. The molecule has 0 unspecified atom stereocenters. The summed E-state index contributed by atoms with van der Waals surface area (Å²) in [5.41, 5.74) is 2.18. The fourth-order valence-corrected chi connectivity index (χ4v) is 1.60. The van der Waals surface area contributed by atoms with E-state index in [1.54, 1.807) is 17.0 Å². The Kier molecular flexibility index (Phi) is 3.14. The molecule has 2 aromatic rings. The molecule has 3 heteroatoms. The van der Waals surface area contributed by atoms with Crippen molar-refractivity contribution in [3.8, 4) is 23.3 Å². The summed E-state index contributed by atoms with van der Waals surface area (Å²) in [6.45, 7) is 0. The molecule has 17 heavy (non-hydrogen) atoms. The lowest BCUT2D eigenvalue weighted by molar-refractivity contribution is -0.697. The van der Waals surface area contributed by atoms with Gasteiger partial charge in [0.15, 0.2) is 24.5 Å². The van der Waals surface area contributed by atoms with Gasteiger partial charge in [-0.2, -0.15) is 15.1 Å². The van der Waals surface area contributed by atoms with Crippen LogP contribution in [0.15, 0.2) is 54.9 Å². The first-order valence-corrected chi connectivity index (χ1v) is 5.20. The van der Waals surface area contributed by atoms with Gasteiger partial charge in [0, 0.05) is 12.1 Å². The Morgan fingerprint density at radius 1 is 0.824 bits per heavy atom. The lowest BCUT2D eigenvalue weighted by Gasteiger charge is -2.00. The van der Waals surface area contributed by atoms with Gasteiger partial charge in [0.05, 0.1) is 0 Å². The van der Waals surface area contributed by atoms with Gasteiger partial charge in [-0.05, 0) is 11.1 Å². The lowest BCUT2D eigenvalue weighted by atomic mass is 10.1. The van der Waals surface area contributed by atoms with Gasteiger partial charge in [0.2, 0.25) is 0 Å². The molecule has 0 bridgehead atoms. The van der Waals surface area contributed by atoms with Crippen LogP contribution in [0.5, 0.6) is 0 Å². The Morgan fingerprint density at radius 3 is 1.88 bits per heavy atom. The average Bonchev–Trinajstić information content (AvgIpc) is 2.42. The highest BCUT2D eigenvalue weighted by atomic mass is 15.0. The van der Waals surface area contributed by atoms with Crippen molar-refractivity contribution < 1.29 is 4.57 Å². The molecule has 0 aliphatic heterocycles. The summed E-state index contributed by atoms with van der Waals surface area (Å²) in [7, 11) is 0. The summed E-state index contributed by atoms with van der Waals surface area (Å²) in [6.07, 6.45) is 3.50. The van der Waals surface area contributed by atoms with E-state index in [0.717, 1.165) is 11.1 Å². The summed E-state index contributed by atoms with van der Waals surface area (Å²) < 4.78 is 1.59. The van der Waals surface area contributed by atoms with Crippen LogP contribution < -0.4 is 4.57 Å². The quantitative estimate of drug-likeness (QED) is 0.729. The highest BCUT2D eigenvalue weighted by Crippen LogP contribution is 2.16. The van der Waals surface area contributed by atoms with Crippen LogP contribution in [0.3, 0.4) is 0 Å². The fraction of sp³-hybridized carbons (Fsp3) is 0.0714. The van der Waals surface area contributed by atoms with E-state index in [2.05, 4.69) is 0 Å². The third-order valence-corrected chi connectivity index (χ3v) is 2.50. The third kappa shape index (κ3) is 2.30. The number of hydrogen-bond donors (Lipinski definition) is 0. The van der Waals surface area contributed by atoms with Crippen LogP contribution in [-0.4, -0.2) is 0 Å². The molecule has 0 fully saturated rings. The minimum atomic E-state index is -0.764. The first-order valence-electron chi connectivity index (χ1n) is 5.20. The predicted octanol–water partition coefficient (Wildman–Crippen LogP) is 2.23. The van der Waals surface area contributed by atoms with E-state index in [9.17, 15) is 0 Å². The van der Waals surface area contributed by atoms with E-state index < -0.39 is 6.04 Å². The summed E-state index contributed by atoms with van der Waals surface area (Å²) >= 11 is 0. The molecule has 0 spiro atoms. The van der Waals surface area contributed by atoms with E-state index >= 15 is 0 Å². The van der Waals surface area contributed by atoms with Gasteiger partial charge >= 0.3 is 6.04 Å². The number of benzene rings is 1. The van der Waals surface area contributed by atoms with Crippen LogP contribution in [0.1, 0.15) is 6.04 Å². The Morgan fingerprint density at radius 2 is 1.35 bits per heavy atom. The zero-order valence-electron chi connectivity index (χ0n) is 9.12. The topological polar surface area (TPSA) is 51.5 Å². The summed E-state index contributed by atoms with van der Waals surface area (Å²) in [6, 6.07) is 16.9. The SMILES string of the molecule is N#CC(C#N)[n+]1ccc(-c2ccccc2)cc1. The van der Waals surface area contributed by atoms with Crippen LogP contribution in [0.25, 0.3) is 11.1 Å². The molecule has 0 aliphatic rings. The Bertz CT molecular complexity index is 560.